The predicted molar refractivity (Wildman–Crippen MR) is 42.7 cm³/mol. The van der Waals surface area contributed by atoms with Gasteiger partial charge >= 0.3 is 6.08 Å². The summed E-state index contributed by atoms with van der Waals surface area (Å²) in [6.45, 7) is 3.40. The van der Waals surface area contributed by atoms with Crippen molar-refractivity contribution in [1.82, 2.24) is 4.90 Å². The number of halogens is 3. The molecule has 0 bridgehead atoms. The molecule has 0 aliphatic carbocycles. The molecule has 0 aromatic carbocycles. The molecule has 1 nitrogen and oxygen atoms in total. The molecule has 0 aliphatic rings. The Morgan fingerprint density at radius 2 is 1.50 bits per heavy atom. The maximum Gasteiger partial charge on any atom is 0.303 e. The molecule has 4 heteroatoms. The van der Waals surface area contributed by atoms with Crippen LogP contribution in [0, 0.1) is 5.92 Å². The predicted octanol–water partition coefficient (Wildman–Crippen LogP) is 2.65. The first-order valence-corrected chi connectivity index (χ1v) is 3.75. The van der Waals surface area contributed by atoms with Crippen LogP contribution in [0.15, 0.2) is 11.9 Å². The highest BCUT2D eigenvalue weighted by atomic mass is 19.3. The summed E-state index contributed by atoms with van der Waals surface area (Å²) in [5, 5.41) is 0. The van der Waals surface area contributed by atoms with Gasteiger partial charge in [-0.05, 0) is 20.0 Å². The van der Waals surface area contributed by atoms with Crippen molar-refractivity contribution in [2.45, 2.75) is 19.9 Å². The van der Waals surface area contributed by atoms with E-state index >= 15 is 0 Å². The van der Waals surface area contributed by atoms with Gasteiger partial charge < -0.3 is 0 Å². The van der Waals surface area contributed by atoms with E-state index in [1.165, 1.54) is 4.90 Å². The Balaban J connectivity index is 4.64. The normalized spacial score (nSPS) is 13.8. The Morgan fingerprint density at radius 1 is 1.08 bits per heavy atom. The molecule has 0 spiro atoms. The van der Waals surface area contributed by atoms with Gasteiger partial charge in [-0.1, -0.05) is 13.8 Å². The number of hydrogen-bond donors (Lipinski definition) is 0. The molecule has 12 heavy (non-hydrogen) atoms. The molecule has 1 atom stereocenters. The van der Waals surface area contributed by atoms with Crippen molar-refractivity contribution < 1.29 is 13.2 Å². The largest absolute Gasteiger partial charge is 0.303 e. The molecule has 0 saturated heterocycles. The van der Waals surface area contributed by atoms with E-state index in [1.807, 2.05) is 0 Å². The number of likely N-dealkylation sites (N-methyl/N-ethyl adjacent to an activating group) is 1. The lowest BCUT2D eigenvalue weighted by Crippen LogP contribution is -2.33. The van der Waals surface area contributed by atoms with E-state index < -0.39 is 17.9 Å². The highest BCUT2D eigenvalue weighted by molar-refractivity contribution is 5.03. The number of rotatable bonds is 3. The maximum atomic E-state index is 12.8. The Morgan fingerprint density at radius 3 is 1.58 bits per heavy atom. The minimum atomic E-state index is -2.22. The fourth-order valence-electron chi connectivity index (χ4n) is 1.23. The summed E-state index contributed by atoms with van der Waals surface area (Å²) in [4.78, 5) is 1.44. The smallest absolute Gasteiger partial charge is 0.300 e. The van der Waals surface area contributed by atoms with Crippen molar-refractivity contribution >= 4 is 0 Å². The van der Waals surface area contributed by atoms with E-state index in [9.17, 15) is 13.2 Å². The molecule has 0 aromatic rings. The van der Waals surface area contributed by atoms with Gasteiger partial charge in [-0.3, -0.25) is 4.90 Å². The second-order valence-electron chi connectivity index (χ2n) is 3.26. The van der Waals surface area contributed by atoms with Crippen LogP contribution in [0.4, 0.5) is 13.2 Å². The molecular weight excluding hydrogens is 167 g/mol. The van der Waals surface area contributed by atoms with Gasteiger partial charge in [0.2, 0.25) is 0 Å². The molecule has 0 heterocycles. The summed E-state index contributed by atoms with van der Waals surface area (Å²) in [6.07, 6.45) is -2.22. The first kappa shape index (κ1) is 11.5. The minimum Gasteiger partial charge on any atom is -0.300 e. The zero-order chi connectivity index (χ0) is 9.89. The van der Waals surface area contributed by atoms with Crippen molar-refractivity contribution in [2.75, 3.05) is 14.1 Å². The molecule has 0 aromatic heterocycles. The van der Waals surface area contributed by atoms with Crippen LogP contribution < -0.4 is 0 Å². The summed E-state index contributed by atoms with van der Waals surface area (Å²) in [7, 11) is 3.15. The zero-order valence-electron chi connectivity index (χ0n) is 7.74. The standard InChI is InChI=1S/C8H14F3N/c1-5(2)7(12(3)4)6(9)8(10)11/h5,7H,1-4H3. The van der Waals surface area contributed by atoms with E-state index in [0.29, 0.717) is 0 Å². The molecule has 0 fully saturated rings. The van der Waals surface area contributed by atoms with Gasteiger partial charge in [0.25, 0.3) is 0 Å². The highest BCUT2D eigenvalue weighted by Gasteiger charge is 2.24. The third-order valence-electron chi connectivity index (χ3n) is 1.63. The summed E-state index contributed by atoms with van der Waals surface area (Å²) in [5.74, 6) is -1.49. The van der Waals surface area contributed by atoms with Crippen LogP contribution in [0.3, 0.4) is 0 Å². The molecule has 0 aliphatic heterocycles. The SMILES string of the molecule is CC(C)C(C(F)=C(F)F)N(C)C. The van der Waals surface area contributed by atoms with Crippen LogP contribution in [0.1, 0.15) is 13.8 Å². The molecule has 72 valence electrons. The van der Waals surface area contributed by atoms with Gasteiger partial charge in [-0.15, -0.1) is 0 Å². The van der Waals surface area contributed by atoms with Crippen LogP contribution >= 0.6 is 0 Å². The summed E-state index contributed by atoms with van der Waals surface area (Å²) < 4.78 is 36.5. The quantitative estimate of drug-likeness (QED) is 0.647. The summed E-state index contributed by atoms with van der Waals surface area (Å²) in [5.41, 5.74) is 0. The molecule has 0 N–H and O–H groups in total. The van der Waals surface area contributed by atoms with E-state index in [4.69, 9.17) is 0 Å². The van der Waals surface area contributed by atoms with E-state index in [2.05, 4.69) is 0 Å². The van der Waals surface area contributed by atoms with E-state index in [-0.39, 0.29) is 5.92 Å². The monoisotopic (exact) mass is 181 g/mol. The van der Waals surface area contributed by atoms with Crippen molar-refractivity contribution in [2.24, 2.45) is 5.92 Å². The second kappa shape index (κ2) is 4.50. The third-order valence-corrected chi connectivity index (χ3v) is 1.63. The van der Waals surface area contributed by atoms with Gasteiger partial charge in [0.15, 0.2) is 5.83 Å². The van der Waals surface area contributed by atoms with Crippen LogP contribution in [-0.4, -0.2) is 25.0 Å². The summed E-state index contributed by atoms with van der Waals surface area (Å²) in [6, 6.07) is -0.824. The van der Waals surface area contributed by atoms with Crippen LogP contribution in [0.5, 0.6) is 0 Å². The van der Waals surface area contributed by atoms with Crippen molar-refractivity contribution in [3.8, 4) is 0 Å². The third kappa shape index (κ3) is 2.85. The molecular formula is C8H14F3N. The highest BCUT2D eigenvalue weighted by Crippen LogP contribution is 2.22. The lowest BCUT2D eigenvalue weighted by atomic mass is 10.0. The zero-order valence-corrected chi connectivity index (χ0v) is 7.74. The van der Waals surface area contributed by atoms with Crippen molar-refractivity contribution in [3.05, 3.63) is 11.9 Å². The summed E-state index contributed by atoms with van der Waals surface area (Å²) >= 11 is 0. The first-order valence-electron chi connectivity index (χ1n) is 3.75. The second-order valence-corrected chi connectivity index (χ2v) is 3.26. The van der Waals surface area contributed by atoms with Gasteiger partial charge in [-0.2, -0.15) is 8.78 Å². The van der Waals surface area contributed by atoms with Crippen molar-refractivity contribution in [1.29, 1.82) is 0 Å². The molecule has 1 unspecified atom stereocenters. The van der Waals surface area contributed by atoms with Crippen LogP contribution in [-0.2, 0) is 0 Å². The maximum absolute atomic E-state index is 12.8. The van der Waals surface area contributed by atoms with Gasteiger partial charge in [0, 0.05) is 0 Å². The first-order chi connectivity index (χ1) is 5.37. The molecule has 0 amide bonds. The Labute approximate surface area is 70.9 Å². The van der Waals surface area contributed by atoms with Crippen LogP contribution in [0.25, 0.3) is 0 Å². The molecule has 0 rings (SSSR count). The van der Waals surface area contributed by atoms with Gasteiger partial charge in [-0.25, -0.2) is 4.39 Å². The minimum absolute atomic E-state index is 0.165. The van der Waals surface area contributed by atoms with E-state index in [1.54, 1.807) is 27.9 Å². The fourth-order valence-corrected chi connectivity index (χ4v) is 1.23. The van der Waals surface area contributed by atoms with Gasteiger partial charge in [0.05, 0.1) is 6.04 Å². The Kier molecular flexibility index (Phi) is 4.31. The topological polar surface area (TPSA) is 3.24 Å². The van der Waals surface area contributed by atoms with E-state index in [0.717, 1.165) is 0 Å². The van der Waals surface area contributed by atoms with Crippen molar-refractivity contribution in [3.63, 3.8) is 0 Å². The lowest BCUT2D eigenvalue weighted by Gasteiger charge is -2.25. The lowest BCUT2D eigenvalue weighted by molar-refractivity contribution is 0.214. The Bertz CT molecular complexity index is 163. The average molecular weight is 181 g/mol. The van der Waals surface area contributed by atoms with Crippen LogP contribution in [0.2, 0.25) is 0 Å². The Hall–Kier alpha value is -0.510. The average Bonchev–Trinajstić information content (AvgIpc) is 1.85. The fraction of sp³-hybridized carbons (Fsp3) is 0.750. The number of hydrogen-bond acceptors (Lipinski definition) is 1. The molecule has 0 saturated carbocycles. The van der Waals surface area contributed by atoms with Gasteiger partial charge in [0.1, 0.15) is 0 Å². The molecule has 0 radical (unpaired) electrons. The number of nitrogens with zero attached hydrogens (tertiary/aromatic N) is 1.